The van der Waals surface area contributed by atoms with Crippen LogP contribution in [0, 0.1) is 0 Å². The van der Waals surface area contributed by atoms with Gasteiger partial charge in [-0.15, -0.1) is 0 Å². The molecule has 0 aliphatic carbocycles. The zero-order chi connectivity index (χ0) is 22.2. The number of nitrogens with one attached hydrogen (secondary N) is 1. The number of fused-ring (bicyclic) bond motifs is 1. The van der Waals surface area contributed by atoms with Crippen molar-refractivity contribution in [3.05, 3.63) is 89.9 Å². The van der Waals surface area contributed by atoms with Gasteiger partial charge in [0, 0.05) is 18.0 Å². The van der Waals surface area contributed by atoms with Crippen molar-refractivity contribution in [1.82, 2.24) is 9.38 Å². The number of anilines is 1. The summed E-state index contributed by atoms with van der Waals surface area (Å²) >= 11 is 0. The normalized spacial score (nSPS) is 11.5. The number of carboxylic acids is 1. The van der Waals surface area contributed by atoms with E-state index in [1.165, 1.54) is 11.8 Å². The van der Waals surface area contributed by atoms with Gasteiger partial charge in [-0.3, -0.25) is 4.79 Å². The van der Waals surface area contributed by atoms with Crippen LogP contribution in [0.25, 0.3) is 16.8 Å². The van der Waals surface area contributed by atoms with Crippen molar-refractivity contribution in [2.24, 2.45) is 0 Å². The van der Waals surface area contributed by atoms with Gasteiger partial charge in [0.1, 0.15) is 5.65 Å². The molecule has 6 heteroatoms. The van der Waals surface area contributed by atoms with E-state index in [0.29, 0.717) is 16.9 Å². The van der Waals surface area contributed by atoms with Gasteiger partial charge in [-0.2, -0.15) is 0 Å². The monoisotopic (exact) mass is 413 g/mol. The van der Waals surface area contributed by atoms with Gasteiger partial charge in [0.05, 0.1) is 5.69 Å². The Bertz CT molecular complexity index is 1280. The van der Waals surface area contributed by atoms with Gasteiger partial charge in [-0.25, -0.2) is 9.78 Å². The van der Waals surface area contributed by atoms with Gasteiger partial charge in [-0.05, 0) is 40.3 Å². The summed E-state index contributed by atoms with van der Waals surface area (Å²) in [6, 6.07) is 19.1. The molecule has 0 unspecified atom stereocenters. The Morgan fingerprint density at radius 1 is 0.935 bits per heavy atom. The van der Waals surface area contributed by atoms with Crippen LogP contribution in [0.5, 0.6) is 0 Å². The van der Waals surface area contributed by atoms with E-state index in [4.69, 9.17) is 5.11 Å². The number of rotatable bonds is 4. The number of benzene rings is 2. The Labute approximate surface area is 180 Å². The number of carbonyl (C=O) groups is 2. The summed E-state index contributed by atoms with van der Waals surface area (Å²) in [5, 5.41) is 12.0. The van der Waals surface area contributed by atoms with Crippen molar-refractivity contribution in [2.45, 2.75) is 26.2 Å². The highest BCUT2D eigenvalue weighted by atomic mass is 16.4. The number of pyridine rings is 1. The van der Waals surface area contributed by atoms with Crippen LogP contribution in [0.2, 0.25) is 0 Å². The standard InChI is InChI=1S/C25H23N3O3/c1-25(2,3)17-10-8-16(9-11-17)19-6-4-5-7-20(19)23(29)26-18-12-13-22-27-21(24(30)31)15-28(22)14-18/h4-15H,1-3H3,(H,26,29)(H,30,31). The third kappa shape index (κ3) is 4.19. The van der Waals surface area contributed by atoms with Crippen molar-refractivity contribution in [3.8, 4) is 11.1 Å². The smallest absolute Gasteiger partial charge is 0.356 e. The summed E-state index contributed by atoms with van der Waals surface area (Å²) in [6.45, 7) is 6.50. The molecule has 0 bridgehead atoms. The second-order valence-corrected chi connectivity index (χ2v) is 8.44. The van der Waals surface area contributed by atoms with E-state index in [1.807, 2.05) is 30.3 Å². The highest BCUT2D eigenvalue weighted by Gasteiger charge is 2.16. The number of aromatic nitrogens is 2. The fraction of sp³-hybridized carbons (Fsp3) is 0.160. The van der Waals surface area contributed by atoms with Crippen LogP contribution in [0.1, 0.15) is 47.2 Å². The van der Waals surface area contributed by atoms with Crippen LogP contribution in [0.3, 0.4) is 0 Å². The molecule has 0 aliphatic heterocycles. The fourth-order valence-corrected chi connectivity index (χ4v) is 3.45. The Morgan fingerprint density at radius 3 is 2.32 bits per heavy atom. The number of carbonyl (C=O) groups excluding carboxylic acids is 1. The number of hydrogen-bond acceptors (Lipinski definition) is 3. The Kier molecular flexibility index (Phi) is 5.07. The van der Waals surface area contributed by atoms with E-state index in [1.54, 1.807) is 28.8 Å². The summed E-state index contributed by atoms with van der Waals surface area (Å²) in [5.41, 5.74) is 4.65. The second-order valence-electron chi connectivity index (χ2n) is 8.44. The van der Waals surface area contributed by atoms with Crippen molar-refractivity contribution in [1.29, 1.82) is 0 Å². The molecule has 0 spiro atoms. The second kappa shape index (κ2) is 7.72. The third-order valence-electron chi connectivity index (χ3n) is 5.16. The molecule has 4 rings (SSSR count). The van der Waals surface area contributed by atoms with Crippen molar-refractivity contribution in [2.75, 3.05) is 5.32 Å². The number of amides is 1. The topological polar surface area (TPSA) is 83.7 Å². The van der Waals surface area contributed by atoms with E-state index < -0.39 is 5.97 Å². The minimum absolute atomic E-state index is 0.0486. The van der Waals surface area contributed by atoms with Gasteiger partial charge >= 0.3 is 5.97 Å². The van der Waals surface area contributed by atoms with Crippen LogP contribution in [-0.4, -0.2) is 26.4 Å². The Morgan fingerprint density at radius 2 is 1.65 bits per heavy atom. The Balaban J connectivity index is 1.62. The molecular formula is C25H23N3O3. The number of carboxylic acid groups (broad SMARTS) is 1. The van der Waals surface area contributed by atoms with Crippen LogP contribution < -0.4 is 5.32 Å². The van der Waals surface area contributed by atoms with Crippen molar-refractivity contribution >= 4 is 23.2 Å². The minimum Gasteiger partial charge on any atom is -0.476 e. The first-order chi connectivity index (χ1) is 14.7. The van der Waals surface area contributed by atoms with E-state index in [-0.39, 0.29) is 17.0 Å². The van der Waals surface area contributed by atoms with Gasteiger partial charge in [0.25, 0.3) is 5.91 Å². The van der Waals surface area contributed by atoms with Gasteiger partial charge in [-0.1, -0.05) is 63.2 Å². The lowest BCUT2D eigenvalue weighted by molar-refractivity contribution is 0.0691. The zero-order valence-electron chi connectivity index (χ0n) is 17.6. The molecule has 0 aliphatic rings. The van der Waals surface area contributed by atoms with Crippen LogP contribution in [-0.2, 0) is 5.41 Å². The molecule has 0 atom stereocenters. The number of aromatic carboxylic acids is 1. The molecule has 156 valence electrons. The fourth-order valence-electron chi connectivity index (χ4n) is 3.45. The predicted octanol–water partition coefficient (Wildman–Crippen LogP) is 5.25. The average molecular weight is 413 g/mol. The molecule has 31 heavy (non-hydrogen) atoms. The SMILES string of the molecule is CC(C)(C)c1ccc(-c2ccccc2C(=O)Nc2ccc3nc(C(=O)O)cn3c2)cc1. The molecule has 1 amide bonds. The van der Waals surface area contributed by atoms with Crippen LogP contribution >= 0.6 is 0 Å². The minimum atomic E-state index is -1.10. The average Bonchev–Trinajstić information content (AvgIpc) is 3.17. The Hall–Kier alpha value is -3.93. The lowest BCUT2D eigenvalue weighted by Crippen LogP contribution is -2.13. The first-order valence-corrected chi connectivity index (χ1v) is 9.96. The molecule has 6 nitrogen and oxygen atoms in total. The predicted molar refractivity (Wildman–Crippen MR) is 121 cm³/mol. The molecule has 4 aromatic rings. The maximum Gasteiger partial charge on any atom is 0.356 e. The molecule has 2 aromatic heterocycles. The lowest BCUT2D eigenvalue weighted by Gasteiger charge is -2.19. The summed E-state index contributed by atoms with van der Waals surface area (Å²) in [6.07, 6.45) is 3.06. The molecule has 0 saturated carbocycles. The highest BCUT2D eigenvalue weighted by molar-refractivity contribution is 6.08. The number of hydrogen-bond donors (Lipinski definition) is 2. The van der Waals surface area contributed by atoms with E-state index in [0.717, 1.165) is 11.1 Å². The molecule has 0 radical (unpaired) electrons. The molecule has 2 N–H and O–H groups in total. The zero-order valence-corrected chi connectivity index (χ0v) is 17.6. The van der Waals surface area contributed by atoms with E-state index in [2.05, 4.69) is 43.2 Å². The summed E-state index contributed by atoms with van der Waals surface area (Å²) in [7, 11) is 0. The first-order valence-electron chi connectivity index (χ1n) is 9.96. The van der Waals surface area contributed by atoms with E-state index >= 15 is 0 Å². The van der Waals surface area contributed by atoms with Crippen LogP contribution in [0.15, 0.2) is 73.1 Å². The largest absolute Gasteiger partial charge is 0.476 e. The lowest BCUT2D eigenvalue weighted by atomic mass is 9.86. The van der Waals surface area contributed by atoms with Crippen molar-refractivity contribution in [3.63, 3.8) is 0 Å². The first kappa shape index (κ1) is 20.3. The third-order valence-corrected chi connectivity index (χ3v) is 5.16. The molecule has 2 heterocycles. The number of nitrogens with zero attached hydrogens (tertiary/aromatic N) is 2. The maximum absolute atomic E-state index is 13.1. The van der Waals surface area contributed by atoms with Crippen LogP contribution in [0.4, 0.5) is 5.69 Å². The van der Waals surface area contributed by atoms with Crippen molar-refractivity contribution < 1.29 is 14.7 Å². The highest BCUT2D eigenvalue weighted by Crippen LogP contribution is 2.28. The van der Waals surface area contributed by atoms with Gasteiger partial charge < -0.3 is 14.8 Å². The quantitative estimate of drug-likeness (QED) is 0.479. The summed E-state index contributed by atoms with van der Waals surface area (Å²) < 4.78 is 1.58. The van der Waals surface area contributed by atoms with Gasteiger partial charge in [0.2, 0.25) is 0 Å². The van der Waals surface area contributed by atoms with E-state index in [9.17, 15) is 9.59 Å². The molecule has 0 saturated heterocycles. The molecule has 0 fully saturated rings. The summed E-state index contributed by atoms with van der Waals surface area (Å²) in [4.78, 5) is 28.2. The maximum atomic E-state index is 13.1. The van der Waals surface area contributed by atoms with Gasteiger partial charge in [0.15, 0.2) is 5.69 Å². The number of imidazole rings is 1. The molecular weight excluding hydrogens is 390 g/mol. The summed E-state index contributed by atoms with van der Waals surface area (Å²) in [5.74, 6) is -1.34. The molecule has 2 aromatic carbocycles.